The third-order valence-corrected chi connectivity index (χ3v) is 6.20. The van der Waals surface area contributed by atoms with Gasteiger partial charge in [0.05, 0.1) is 11.1 Å². The zero-order valence-corrected chi connectivity index (χ0v) is 17.4. The van der Waals surface area contributed by atoms with Gasteiger partial charge < -0.3 is 14.5 Å². The summed E-state index contributed by atoms with van der Waals surface area (Å²) in [6.45, 7) is 2.56. The number of amides is 1. The summed E-state index contributed by atoms with van der Waals surface area (Å²) in [6.07, 6.45) is 2.70. The van der Waals surface area contributed by atoms with E-state index < -0.39 is 5.97 Å². The van der Waals surface area contributed by atoms with Gasteiger partial charge in [0, 0.05) is 42.9 Å². The van der Waals surface area contributed by atoms with Gasteiger partial charge in [-0.15, -0.1) is 0 Å². The second-order valence-electron chi connectivity index (χ2n) is 8.06. The molecule has 6 nitrogen and oxygen atoms in total. The van der Waals surface area contributed by atoms with E-state index in [9.17, 15) is 9.59 Å². The predicted octanol–water partition coefficient (Wildman–Crippen LogP) is 3.23. The molecule has 31 heavy (non-hydrogen) atoms. The van der Waals surface area contributed by atoms with Crippen LogP contribution in [0.2, 0.25) is 0 Å². The molecular weight excluding hydrogens is 390 g/mol. The van der Waals surface area contributed by atoms with Crippen molar-refractivity contribution < 1.29 is 14.3 Å². The number of para-hydroxylation sites is 2. The van der Waals surface area contributed by atoms with Crippen LogP contribution in [0.4, 0.5) is 5.69 Å². The Bertz CT molecular complexity index is 1120. The maximum atomic E-state index is 13.0. The molecule has 0 bridgehead atoms. The van der Waals surface area contributed by atoms with Crippen molar-refractivity contribution in [3.8, 4) is 0 Å². The van der Waals surface area contributed by atoms with Crippen molar-refractivity contribution in [1.82, 2.24) is 9.88 Å². The Labute approximate surface area is 181 Å². The normalized spacial score (nSPS) is 15.7. The van der Waals surface area contributed by atoms with Crippen LogP contribution in [0.25, 0.3) is 10.9 Å². The summed E-state index contributed by atoms with van der Waals surface area (Å²) in [4.78, 5) is 34.5. The lowest BCUT2D eigenvalue weighted by Gasteiger charge is -2.36. The minimum Gasteiger partial charge on any atom is -0.452 e. The number of pyridine rings is 1. The average molecular weight is 415 g/mol. The van der Waals surface area contributed by atoms with Gasteiger partial charge >= 0.3 is 5.97 Å². The van der Waals surface area contributed by atoms with Crippen LogP contribution in [0, 0.1) is 0 Å². The number of fused-ring (bicyclic) bond motifs is 2. The summed E-state index contributed by atoms with van der Waals surface area (Å²) in [5, 5.41) is 0.803. The van der Waals surface area contributed by atoms with Crippen molar-refractivity contribution in [2.75, 3.05) is 37.7 Å². The zero-order chi connectivity index (χ0) is 21.2. The van der Waals surface area contributed by atoms with Gasteiger partial charge in [-0.25, -0.2) is 4.79 Å². The van der Waals surface area contributed by atoms with Gasteiger partial charge in [0.25, 0.3) is 5.91 Å². The van der Waals surface area contributed by atoms with Gasteiger partial charge in [-0.3, -0.25) is 9.78 Å². The number of rotatable bonds is 4. The molecule has 0 unspecified atom stereocenters. The third kappa shape index (κ3) is 3.85. The highest BCUT2D eigenvalue weighted by Crippen LogP contribution is 2.30. The minimum absolute atomic E-state index is 0.143. The molecule has 6 heteroatoms. The summed E-state index contributed by atoms with van der Waals surface area (Å²) in [6, 6.07) is 17.8. The first-order chi connectivity index (χ1) is 15.2. The number of hydrogen-bond donors (Lipinski definition) is 0. The predicted molar refractivity (Wildman–Crippen MR) is 119 cm³/mol. The van der Waals surface area contributed by atoms with Crippen LogP contribution >= 0.6 is 0 Å². The molecule has 0 atom stereocenters. The standard InChI is InChI=1S/C25H25N3O3/c29-23(28-15-13-27(14-16-28)18-7-2-1-3-8-18)17-31-25(30)24-19-9-4-5-11-21(19)26-22-12-6-10-20(22)24/h1-5,7-9,11H,6,10,12-17H2. The van der Waals surface area contributed by atoms with E-state index in [0.717, 1.165) is 54.5 Å². The van der Waals surface area contributed by atoms with E-state index in [1.54, 1.807) is 4.90 Å². The van der Waals surface area contributed by atoms with Gasteiger partial charge in [-0.05, 0) is 43.0 Å². The monoisotopic (exact) mass is 415 g/mol. The molecule has 5 rings (SSSR count). The summed E-state index contributed by atoms with van der Waals surface area (Å²) in [5.41, 5.74) is 4.51. The molecule has 2 heterocycles. The molecular formula is C25H25N3O3. The van der Waals surface area contributed by atoms with Crippen molar-refractivity contribution in [2.45, 2.75) is 19.3 Å². The summed E-state index contributed by atoms with van der Waals surface area (Å²) in [5.74, 6) is -0.566. The van der Waals surface area contributed by atoms with Crippen LogP contribution in [0.15, 0.2) is 54.6 Å². The van der Waals surface area contributed by atoms with E-state index in [1.807, 2.05) is 42.5 Å². The third-order valence-electron chi connectivity index (χ3n) is 6.20. The van der Waals surface area contributed by atoms with E-state index in [1.165, 1.54) is 5.69 Å². The second-order valence-corrected chi connectivity index (χ2v) is 8.06. The van der Waals surface area contributed by atoms with Crippen molar-refractivity contribution in [3.05, 3.63) is 71.4 Å². The number of piperazine rings is 1. The molecule has 2 aliphatic rings. The van der Waals surface area contributed by atoms with Crippen molar-refractivity contribution in [1.29, 1.82) is 0 Å². The molecule has 1 saturated heterocycles. The Morgan fingerprint density at radius 3 is 2.45 bits per heavy atom. The summed E-state index contributed by atoms with van der Waals surface area (Å²) >= 11 is 0. The molecule has 3 aromatic rings. The SMILES string of the molecule is O=C(OCC(=O)N1CCN(c2ccccc2)CC1)c1c2c(nc3ccccc13)CCC2. The fraction of sp³-hybridized carbons (Fsp3) is 0.320. The van der Waals surface area contributed by atoms with Crippen LogP contribution in [0.5, 0.6) is 0 Å². The number of carbonyl (C=O) groups excluding carboxylic acids is 2. The van der Waals surface area contributed by atoms with Gasteiger partial charge in [0.2, 0.25) is 0 Å². The quantitative estimate of drug-likeness (QED) is 0.613. The highest BCUT2D eigenvalue weighted by atomic mass is 16.5. The number of nitrogens with zero attached hydrogens (tertiary/aromatic N) is 3. The maximum absolute atomic E-state index is 13.0. The average Bonchev–Trinajstić information content (AvgIpc) is 3.29. The number of anilines is 1. The van der Waals surface area contributed by atoms with Gasteiger partial charge in [0.15, 0.2) is 6.61 Å². The number of carbonyl (C=O) groups is 2. The number of esters is 1. The summed E-state index contributed by atoms with van der Waals surface area (Å²) in [7, 11) is 0. The van der Waals surface area contributed by atoms with Crippen molar-refractivity contribution in [2.24, 2.45) is 0 Å². The Morgan fingerprint density at radius 1 is 0.903 bits per heavy atom. The molecule has 0 N–H and O–H groups in total. The molecule has 158 valence electrons. The number of hydrogen-bond acceptors (Lipinski definition) is 5. The summed E-state index contributed by atoms with van der Waals surface area (Å²) < 4.78 is 5.52. The van der Waals surface area contributed by atoms with Crippen molar-refractivity contribution >= 4 is 28.5 Å². The molecule has 0 spiro atoms. The van der Waals surface area contributed by atoms with Crippen LogP contribution in [0.1, 0.15) is 28.0 Å². The largest absolute Gasteiger partial charge is 0.452 e. The number of benzene rings is 2. The Hall–Kier alpha value is -3.41. The number of aromatic nitrogens is 1. The Morgan fingerprint density at radius 2 is 1.65 bits per heavy atom. The van der Waals surface area contributed by atoms with Gasteiger partial charge in [-0.2, -0.15) is 0 Å². The van der Waals surface area contributed by atoms with Crippen LogP contribution in [-0.4, -0.2) is 54.5 Å². The number of ether oxygens (including phenoxy) is 1. The second kappa shape index (κ2) is 8.38. The fourth-order valence-electron chi connectivity index (χ4n) is 4.59. The Kier molecular flexibility index (Phi) is 5.28. The number of aryl methyl sites for hydroxylation is 1. The Balaban J connectivity index is 1.24. The van der Waals surface area contributed by atoms with Crippen LogP contribution < -0.4 is 4.90 Å². The van der Waals surface area contributed by atoms with E-state index in [0.29, 0.717) is 18.7 Å². The first-order valence-corrected chi connectivity index (χ1v) is 10.9. The molecule has 1 aromatic heterocycles. The molecule has 1 fully saturated rings. The smallest absolute Gasteiger partial charge is 0.339 e. The van der Waals surface area contributed by atoms with E-state index >= 15 is 0 Å². The zero-order valence-electron chi connectivity index (χ0n) is 17.4. The molecule has 2 aromatic carbocycles. The van der Waals surface area contributed by atoms with Crippen molar-refractivity contribution in [3.63, 3.8) is 0 Å². The van der Waals surface area contributed by atoms with Gasteiger partial charge in [0.1, 0.15) is 0 Å². The molecule has 1 aliphatic carbocycles. The molecule has 0 radical (unpaired) electrons. The topological polar surface area (TPSA) is 62.7 Å². The minimum atomic E-state index is -0.423. The lowest BCUT2D eigenvalue weighted by molar-refractivity contribution is -0.134. The van der Waals surface area contributed by atoms with E-state index in [4.69, 9.17) is 9.72 Å². The highest BCUT2D eigenvalue weighted by Gasteiger charge is 2.26. The van der Waals surface area contributed by atoms with Crippen LogP contribution in [-0.2, 0) is 22.4 Å². The first-order valence-electron chi connectivity index (χ1n) is 10.9. The lowest BCUT2D eigenvalue weighted by atomic mass is 10.0. The highest BCUT2D eigenvalue weighted by molar-refractivity contribution is 6.05. The van der Waals surface area contributed by atoms with E-state index in [2.05, 4.69) is 17.0 Å². The lowest BCUT2D eigenvalue weighted by Crippen LogP contribution is -2.49. The van der Waals surface area contributed by atoms with Gasteiger partial charge in [-0.1, -0.05) is 36.4 Å². The maximum Gasteiger partial charge on any atom is 0.339 e. The molecule has 1 aliphatic heterocycles. The molecule has 0 saturated carbocycles. The van der Waals surface area contributed by atoms with Crippen LogP contribution in [0.3, 0.4) is 0 Å². The van der Waals surface area contributed by atoms with E-state index in [-0.39, 0.29) is 12.5 Å². The molecule has 1 amide bonds. The first kappa shape index (κ1) is 19.5. The fourth-order valence-corrected chi connectivity index (χ4v) is 4.59.